The Balaban J connectivity index is 0. The van der Waals surface area contributed by atoms with Crippen LogP contribution in [0.5, 0.6) is 0 Å². The number of carboxylic acid groups (broad SMARTS) is 1. The summed E-state index contributed by atoms with van der Waals surface area (Å²) >= 11 is 0. The minimum atomic E-state index is -0.779. The monoisotopic (exact) mass is 209 g/mol. The highest BCUT2D eigenvalue weighted by Gasteiger charge is 2.09. The number of carbonyl (C=O) groups is 1. The zero-order chi connectivity index (χ0) is 9.56. The summed E-state index contributed by atoms with van der Waals surface area (Å²) in [5.74, 6) is -0.0994. The Labute approximate surface area is 86.3 Å². The van der Waals surface area contributed by atoms with Gasteiger partial charge >= 0.3 is 5.97 Å². The van der Waals surface area contributed by atoms with Crippen LogP contribution in [0.15, 0.2) is 0 Å². The van der Waals surface area contributed by atoms with Crippen molar-refractivity contribution >= 4 is 18.4 Å². The van der Waals surface area contributed by atoms with Crippen molar-refractivity contribution in [3.63, 3.8) is 0 Å². The molecule has 0 bridgehead atoms. The van der Waals surface area contributed by atoms with Gasteiger partial charge in [-0.3, -0.25) is 4.79 Å². The molecule has 0 aliphatic carbocycles. The molecule has 4 heteroatoms. The fraction of sp³-hybridized carbons (Fsp3) is 0.889. The molecular formula is C9H20ClNO2. The van der Waals surface area contributed by atoms with Gasteiger partial charge in [0.25, 0.3) is 0 Å². The van der Waals surface area contributed by atoms with Crippen LogP contribution < -0.4 is 5.32 Å². The second-order valence-corrected chi connectivity index (χ2v) is 3.32. The predicted molar refractivity (Wildman–Crippen MR) is 56.4 cm³/mol. The highest BCUT2D eigenvalue weighted by atomic mass is 35.5. The van der Waals surface area contributed by atoms with Crippen LogP contribution in [0.2, 0.25) is 0 Å². The summed E-state index contributed by atoms with van der Waals surface area (Å²) in [4.78, 5) is 10.4. The minimum absolute atomic E-state index is 0. The van der Waals surface area contributed by atoms with E-state index in [1.54, 1.807) is 6.92 Å². The van der Waals surface area contributed by atoms with Gasteiger partial charge in [0, 0.05) is 0 Å². The third-order valence-electron chi connectivity index (χ3n) is 2.16. The number of hydrogen-bond donors (Lipinski definition) is 2. The van der Waals surface area contributed by atoms with Crippen LogP contribution >= 0.6 is 12.4 Å². The Morgan fingerprint density at radius 3 is 2.38 bits per heavy atom. The maximum Gasteiger partial charge on any atom is 0.320 e. The molecule has 2 unspecified atom stereocenters. The summed E-state index contributed by atoms with van der Waals surface area (Å²) in [6.07, 6.45) is 2.21. The van der Waals surface area contributed by atoms with E-state index in [4.69, 9.17) is 5.11 Å². The number of halogens is 1. The minimum Gasteiger partial charge on any atom is -0.480 e. The molecule has 80 valence electrons. The highest BCUT2D eigenvalue weighted by Crippen LogP contribution is 2.04. The Bertz CT molecular complexity index is 142. The van der Waals surface area contributed by atoms with E-state index in [1.807, 2.05) is 0 Å². The third kappa shape index (κ3) is 8.06. The molecule has 0 aromatic rings. The molecule has 0 heterocycles. The van der Waals surface area contributed by atoms with Crippen LogP contribution in [-0.2, 0) is 4.79 Å². The number of nitrogens with one attached hydrogen (secondary N) is 1. The smallest absolute Gasteiger partial charge is 0.320 e. The second kappa shape index (κ2) is 8.32. The van der Waals surface area contributed by atoms with E-state index >= 15 is 0 Å². The molecule has 0 aliphatic rings. The van der Waals surface area contributed by atoms with Crippen molar-refractivity contribution in [3.8, 4) is 0 Å². The first-order chi connectivity index (χ1) is 5.57. The molecule has 0 fully saturated rings. The average molecular weight is 210 g/mol. The lowest BCUT2D eigenvalue weighted by atomic mass is 10.1. The summed E-state index contributed by atoms with van der Waals surface area (Å²) in [5.41, 5.74) is 0. The van der Waals surface area contributed by atoms with Crippen LogP contribution in [0.1, 0.15) is 33.6 Å². The number of hydrogen-bond acceptors (Lipinski definition) is 2. The molecule has 0 amide bonds. The lowest BCUT2D eigenvalue weighted by Crippen LogP contribution is -2.34. The van der Waals surface area contributed by atoms with Crippen molar-refractivity contribution in [3.05, 3.63) is 0 Å². The fourth-order valence-electron chi connectivity index (χ4n) is 0.838. The van der Waals surface area contributed by atoms with E-state index in [1.165, 1.54) is 0 Å². The molecular weight excluding hydrogens is 190 g/mol. The van der Waals surface area contributed by atoms with E-state index in [-0.39, 0.29) is 12.4 Å². The molecule has 0 aromatic carbocycles. The van der Waals surface area contributed by atoms with E-state index in [0.717, 1.165) is 19.4 Å². The molecule has 0 rings (SSSR count). The van der Waals surface area contributed by atoms with Gasteiger partial charge < -0.3 is 10.4 Å². The molecule has 0 spiro atoms. The second-order valence-electron chi connectivity index (χ2n) is 3.32. The SMILES string of the molecule is CCC(C)CCNC(C)C(=O)O.Cl. The van der Waals surface area contributed by atoms with E-state index < -0.39 is 12.0 Å². The van der Waals surface area contributed by atoms with Crippen molar-refractivity contribution in [2.24, 2.45) is 5.92 Å². The van der Waals surface area contributed by atoms with Gasteiger partial charge in [-0.05, 0) is 25.8 Å². The Kier molecular flexibility index (Phi) is 9.74. The van der Waals surface area contributed by atoms with Crippen LogP contribution in [0.25, 0.3) is 0 Å². The molecule has 2 atom stereocenters. The van der Waals surface area contributed by atoms with Gasteiger partial charge in [0.15, 0.2) is 0 Å². The number of rotatable bonds is 6. The summed E-state index contributed by atoms with van der Waals surface area (Å²) in [7, 11) is 0. The molecule has 0 aromatic heterocycles. The van der Waals surface area contributed by atoms with Gasteiger partial charge in [0.1, 0.15) is 6.04 Å². The molecule has 3 nitrogen and oxygen atoms in total. The zero-order valence-corrected chi connectivity index (χ0v) is 9.36. The van der Waals surface area contributed by atoms with E-state index in [2.05, 4.69) is 19.2 Å². The summed E-state index contributed by atoms with van der Waals surface area (Å²) in [6.45, 7) is 6.78. The van der Waals surface area contributed by atoms with Gasteiger partial charge in [-0.15, -0.1) is 12.4 Å². The van der Waals surface area contributed by atoms with Gasteiger partial charge in [-0.1, -0.05) is 20.3 Å². The van der Waals surface area contributed by atoms with Crippen LogP contribution in [-0.4, -0.2) is 23.7 Å². The van der Waals surface area contributed by atoms with Gasteiger partial charge in [0.05, 0.1) is 0 Å². The first kappa shape index (κ1) is 15.2. The third-order valence-corrected chi connectivity index (χ3v) is 2.16. The van der Waals surface area contributed by atoms with Gasteiger partial charge in [0.2, 0.25) is 0 Å². The largest absolute Gasteiger partial charge is 0.480 e. The van der Waals surface area contributed by atoms with Crippen molar-refractivity contribution in [1.82, 2.24) is 5.32 Å². The lowest BCUT2D eigenvalue weighted by molar-refractivity contribution is -0.139. The van der Waals surface area contributed by atoms with Crippen LogP contribution in [0.4, 0.5) is 0 Å². The summed E-state index contributed by atoms with van der Waals surface area (Å²) in [5, 5.41) is 11.5. The number of aliphatic carboxylic acids is 1. The van der Waals surface area contributed by atoms with Crippen LogP contribution in [0, 0.1) is 5.92 Å². The van der Waals surface area contributed by atoms with Crippen molar-refractivity contribution in [1.29, 1.82) is 0 Å². The maximum absolute atomic E-state index is 10.4. The number of carboxylic acids is 1. The topological polar surface area (TPSA) is 49.3 Å². The predicted octanol–water partition coefficient (Wildman–Crippen LogP) is 1.91. The summed E-state index contributed by atoms with van der Waals surface area (Å²) < 4.78 is 0. The quantitative estimate of drug-likeness (QED) is 0.703. The average Bonchev–Trinajstić information content (AvgIpc) is 2.03. The standard InChI is InChI=1S/C9H19NO2.ClH/c1-4-7(2)5-6-10-8(3)9(11)12;/h7-8,10H,4-6H2,1-3H3,(H,11,12);1H. The molecule has 2 N–H and O–H groups in total. The van der Waals surface area contributed by atoms with Crippen molar-refractivity contribution in [2.75, 3.05) is 6.54 Å². The molecule has 0 saturated carbocycles. The normalized spacial score (nSPS) is 14.4. The highest BCUT2D eigenvalue weighted by molar-refractivity contribution is 5.85. The van der Waals surface area contributed by atoms with Gasteiger partial charge in [-0.25, -0.2) is 0 Å². The van der Waals surface area contributed by atoms with Crippen LogP contribution in [0.3, 0.4) is 0 Å². The Hall–Kier alpha value is -0.280. The molecule has 0 radical (unpaired) electrons. The first-order valence-electron chi connectivity index (χ1n) is 4.54. The molecule has 13 heavy (non-hydrogen) atoms. The summed E-state index contributed by atoms with van der Waals surface area (Å²) in [6, 6.07) is -0.422. The maximum atomic E-state index is 10.4. The Morgan fingerprint density at radius 1 is 1.46 bits per heavy atom. The van der Waals surface area contributed by atoms with E-state index in [9.17, 15) is 4.79 Å². The van der Waals surface area contributed by atoms with Crippen molar-refractivity contribution in [2.45, 2.75) is 39.7 Å². The van der Waals surface area contributed by atoms with Crippen molar-refractivity contribution < 1.29 is 9.90 Å². The Morgan fingerprint density at radius 2 is 2.00 bits per heavy atom. The fourth-order valence-corrected chi connectivity index (χ4v) is 0.838. The zero-order valence-electron chi connectivity index (χ0n) is 8.54. The first-order valence-corrected chi connectivity index (χ1v) is 4.54. The van der Waals surface area contributed by atoms with Gasteiger partial charge in [-0.2, -0.15) is 0 Å². The molecule has 0 saturated heterocycles. The van der Waals surface area contributed by atoms with E-state index in [0.29, 0.717) is 5.92 Å². The lowest BCUT2D eigenvalue weighted by Gasteiger charge is -2.11. The molecule has 0 aliphatic heterocycles.